The largest absolute Gasteiger partial charge is 0.481 e. The number of rotatable bonds is 5. The van der Waals surface area contributed by atoms with Crippen LogP contribution in [-0.2, 0) is 18.3 Å². The van der Waals surface area contributed by atoms with E-state index in [2.05, 4.69) is 10.1 Å². The molecule has 0 bridgehead atoms. The van der Waals surface area contributed by atoms with E-state index in [-0.39, 0.29) is 11.6 Å². The van der Waals surface area contributed by atoms with Gasteiger partial charge in [-0.2, -0.15) is 5.10 Å². The number of benzene rings is 1. The number of carboxylic acids is 1. The fraction of sp³-hybridized carbons (Fsp3) is 0.250. The van der Waals surface area contributed by atoms with Crippen LogP contribution in [0.2, 0.25) is 0 Å². The van der Waals surface area contributed by atoms with Gasteiger partial charge in [0.2, 0.25) is 0 Å². The molecule has 0 unspecified atom stereocenters. The molecule has 0 amide bonds. The van der Waals surface area contributed by atoms with Crippen molar-refractivity contribution < 1.29 is 14.3 Å². The summed E-state index contributed by atoms with van der Waals surface area (Å²) in [7, 11) is 1.71. The number of nitrogens with zero attached hydrogens (tertiary/aromatic N) is 3. The summed E-state index contributed by atoms with van der Waals surface area (Å²) < 4.78 is 14.3. The van der Waals surface area contributed by atoms with Crippen LogP contribution in [0.3, 0.4) is 0 Å². The van der Waals surface area contributed by atoms with Crippen LogP contribution in [0.15, 0.2) is 29.4 Å². The van der Waals surface area contributed by atoms with E-state index in [0.717, 1.165) is 17.3 Å². The fourth-order valence-electron chi connectivity index (χ4n) is 1.53. The number of aromatic nitrogens is 3. The van der Waals surface area contributed by atoms with Gasteiger partial charge in [0, 0.05) is 13.5 Å². The third-order valence-corrected chi connectivity index (χ3v) is 3.37. The van der Waals surface area contributed by atoms with Crippen LogP contribution >= 0.6 is 11.8 Å². The fourth-order valence-corrected chi connectivity index (χ4v) is 2.18. The van der Waals surface area contributed by atoms with Crippen LogP contribution in [0.5, 0.6) is 0 Å². The summed E-state index contributed by atoms with van der Waals surface area (Å²) in [6.07, 6.45) is 0.488. The maximum absolute atomic E-state index is 12.8. The van der Waals surface area contributed by atoms with Gasteiger partial charge in [0.1, 0.15) is 5.82 Å². The number of aliphatic carboxylic acids is 1. The van der Waals surface area contributed by atoms with E-state index in [0.29, 0.717) is 17.4 Å². The van der Waals surface area contributed by atoms with Crippen molar-refractivity contribution in [1.29, 1.82) is 0 Å². The van der Waals surface area contributed by atoms with Crippen LogP contribution < -0.4 is 0 Å². The highest BCUT2D eigenvalue weighted by Gasteiger charge is 2.10. The second kappa shape index (κ2) is 5.83. The molecule has 100 valence electrons. The van der Waals surface area contributed by atoms with Gasteiger partial charge in [-0.3, -0.25) is 4.79 Å². The van der Waals surface area contributed by atoms with Gasteiger partial charge in [-0.1, -0.05) is 23.9 Å². The Hall–Kier alpha value is -1.89. The Labute approximate surface area is 113 Å². The molecule has 0 atom stereocenters. The first-order valence-corrected chi connectivity index (χ1v) is 6.52. The highest BCUT2D eigenvalue weighted by atomic mass is 32.2. The Balaban J connectivity index is 2.07. The van der Waals surface area contributed by atoms with Crippen LogP contribution in [-0.4, -0.2) is 31.6 Å². The second-order valence-electron chi connectivity index (χ2n) is 3.92. The monoisotopic (exact) mass is 281 g/mol. The number of halogens is 1. The standard InChI is InChI=1S/C12H12FN3O2S/c1-16-12(19-7-11(17)18)14-10(15-16)6-8-2-4-9(13)5-3-8/h2-5H,6-7H2,1H3,(H,17,18). The van der Waals surface area contributed by atoms with E-state index in [1.807, 2.05) is 0 Å². The highest BCUT2D eigenvalue weighted by Crippen LogP contribution is 2.16. The quantitative estimate of drug-likeness (QED) is 0.845. The number of carboxylic acid groups (broad SMARTS) is 1. The molecule has 2 rings (SSSR count). The first-order chi connectivity index (χ1) is 9.04. The van der Waals surface area contributed by atoms with Crippen molar-refractivity contribution in [3.05, 3.63) is 41.5 Å². The van der Waals surface area contributed by atoms with Crippen molar-refractivity contribution >= 4 is 17.7 Å². The lowest BCUT2D eigenvalue weighted by Crippen LogP contribution is -2.00. The van der Waals surface area contributed by atoms with Gasteiger partial charge in [0.05, 0.1) is 5.75 Å². The van der Waals surface area contributed by atoms with Gasteiger partial charge < -0.3 is 5.11 Å². The van der Waals surface area contributed by atoms with E-state index in [4.69, 9.17) is 5.11 Å². The van der Waals surface area contributed by atoms with Crippen LogP contribution in [0.4, 0.5) is 4.39 Å². The molecule has 0 saturated carbocycles. The van der Waals surface area contributed by atoms with Gasteiger partial charge in [0.25, 0.3) is 0 Å². The summed E-state index contributed by atoms with van der Waals surface area (Å²) in [5.74, 6) is -0.645. The normalized spacial score (nSPS) is 10.6. The average molecular weight is 281 g/mol. The predicted octanol–water partition coefficient (Wildman–Crippen LogP) is 1.72. The number of hydrogen-bond acceptors (Lipinski definition) is 4. The van der Waals surface area contributed by atoms with Crippen LogP contribution in [0, 0.1) is 5.82 Å². The molecule has 0 aliphatic heterocycles. The van der Waals surface area contributed by atoms with Gasteiger partial charge in [-0.25, -0.2) is 14.1 Å². The van der Waals surface area contributed by atoms with E-state index in [9.17, 15) is 9.18 Å². The van der Waals surface area contributed by atoms with Crippen molar-refractivity contribution in [1.82, 2.24) is 14.8 Å². The first-order valence-electron chi connectivity index (χ1n) is 5.53. The van der Waals surface area contributed by atoms with Gasteiger partial charge in [-0.05, 0) is 17.7 Å². The summed E-state index contributed by atoms with van der Waals surface area (Å²) in [6.45, 7) is 0. The summed E-state index contributed by atoms with van der Waals surface area (Å²) in [4.78, 5) is 14.8. The third kappa shape index (κ3) is 3.78. The molecule has 0 saturated heterocycles. The number of carbonyl (C=O) groups is 1. The second-order valence-corrected chi connectivity index (χ2v) is 4.86. The maximum Gasteiger partial charge on any atom is 0.313 e. The Morgan fingerprint density at radius 1 is 1.42 bits per heavy atom. The highest BCUT2D eigenvalue weighted by molar-refractivity contribution is 7.99. The Morgan fingerprint density at radius 3 is 2.74 bits per heavy atom. The van der Waals surface area contributed by atoms with Crippen molar-refractivity contribution in [3.8, 4) is 0 Å². The number of thioether (sulfide) groups is 1. The summed E-state index contributed by atoms with van der Waals surface area (Å²) >= 11 is 1.12. The topological polar surface area (TPSA) is 68.0 Å². The van der Waals surface area contributed by atoms with Crippen molar-refractivity contribution in [2.45, 2.75) is 11.6 Å². The molecule has 1 heterocycles. The number of hydrogen-bond donors (Lipinski definition) is 1. The summed E-state index contributed by atoms with van der Waals surface area (Å²) in [5.41, 5.74) is 0.904. The molecule has 0 aliphatic rings. The average Bonchev–Trinajstić information content (AvgIpc) is 2.70. The summed E-state index contributed by atoms with van der Waals surface area (Å²) in [5, 5.41) is 13.4. The van der Waals surface area contributed by atoms with E-state index >= 15 is 0 Å². The van der Waals surface area contributed by atoms with E-state index in [1.165, 1.54) is 12.1 Å². The Kier molecular flexibility index (Phi) is 4.16. The molecule has 2 aromatic rings. The lowest BCUT2D eigenvalue weighted by atomic mass is 10.1. The Morgan fingerprint density at radius 2 is 2.11 bits per heavy atom. The van der Waals surface area contributed by atoms with Crippen LogP contribution in [0.1, 0.15) is 11.4 Å². The molecule has 1 N–H and O–H groups in total. The van der Waals surface area contributed by atoms with Crippen molar-refractivity contribution in [2.75, 3.05) is 5.75 Å². The van der Waals surface area contributed by atoms with E-state index < -0.39 is 5.97 Å². The molecule has 19 heavy (non-hydrogen) atoms. The van der Waals surface area contributed by atoms with Crippen molar-refractivity contribution in [3.63, 3.8) is 0 Å². The third-order valence-electron chi connectivity index (χ3n) is 2.37. The molecular weight excluding hydrogens is 269 g/mol. The molecule has 0 aliphatic carbocycles. The minimum Gasteiger partial charge on any atom is -0.481 e. The first kappa shape index (κ1) is 13.5. The molecule has 1 aromatic carbocycles. The lowest BCUT2D eigenvalue weighted by molar-refractivity contribution is -0.133. The minimum atomic E-state index is -0.895. The SMILES string of the molecule is Cn1nc(Cc2ccc(F)cc2)nc1SCC(=O)O. The van der Waals surface area contributed by atoms with Crippen molar-refractivity contribution in [2.24, 2.45) is 7.05 Å². The summed E-state index contributed by atoms with van der Waals surface area (Å²) in [6, 6.07) is 6.13. The molecule has 0 radical (unpaired) electrons. The van der Waals surface area contributed by atoms with Gasteiger partial charge in [0.15, 0.2) is 11.0 Å². The minimum absolute atomic E-state index is 0.0531. The molecule has 0 spiro atoms. The van der Waals surface area contributed by atoms with Gasteiger partial charge in [-0.15, -0.1) is 0 Å². The molecule has 1 aromatic heterocycles. The molecule has 5 nitrogen and oxygen atoms in total. The lowest BCUT2D eigenvalue weighted by Gasteiger charge is -1.96. The van der Waals surface area contributed by atoms with Crippen LogP contribution in [0.25, 0.3) is 0 Å². The molecular formula is C12H12FN3O2S. The van der Waals surface area contributed by atoms with Gasteiger partial charge >= 0.3 is 5.97 Å². The zero-order valence-electron chi connectivity index (χ0n) is 10.2. The smallest absolute Gasteiger partial charge is 0.313 e. The Bertz CT molecular complexity index is 583. The zero-order chi connectivity index (χ0) is 13.8. The number of aryl methyl sites for hydroxylation is 1. The molecule has 7 heteroatoms. The molecule has 0 fully saturated rings. The van der Waals surface area contributed by atoms with E-state index in [1.54, 1.807) is 23.9 Å². The zero-order valence-corrected chi connectivity index (χ0v) is 11.0. The predicted molar refractivity (Wildman–Crippen MR) is 68.6 cm³/mol. The maximum atomic E-state index is 12.8.